The first kappa shape index (κ1) is 16.5. The van der Waals surface area contributed by atoms with Gasteiger partial charge in [0.2, 0.25) is 5.91 Å². The fraction of sp³-hybridized carbons (Fsp3) is 0.533. The molecule has 1 aromatic rings. The number of carbonyl (C=O) groups is 1. The molecule has 6 heteroatoms. The molecule has 2 rings (SSSR count). The van der Waals surface area contributed by atoms with Crippen LogP contribution in [0.3, 0.4) is 0 Å². The molecule has 0 saturated carbocycles. The third-order valence-corrected chi connectivity index (χ3v) is 5.70. The molecule has 2 unspecified atom stereocenters. The van der Waals surface area contributed by atoms with Crippen LogP contribution in [0.25, 0.3) is 0 Å². The van der Waals surface area contributed by atoms with E-state index in [0.717, 1.165) is 23.6 Å². The van der Waals surface area contributed by atoms with Crippen LogP contribution in [0.15, 0.2) is 30.3 Å². The Kier molecular flexibility index (Phi) is 7.26. The standard InChI is InChI=1S/C15H22N2O2S2/c18-15(10-14-11-20-8-6-16-14)17-7-9-21(19)12-13-4-2-1-3-5-13/h1-5,14,16H,6-12H2,(H,17,18). The summed E-state index contributed by atoms with van der Waals surface area (Å²) in [5, 5.41) is 6.21. The molecule has 116 valence electrons. The minimum atomic E-state index is -0.929. The Morgan fingerprint density at radius 3 is 2.90 bits per heavy atom. The molecule has 1 aromatic carbocycles. The van der Waals surface area contributed by atoms with Crippen molar-refractivity contribution in [3.8, 4) is 0 Å². The van der Waals surface area contributed by atoms with E-state index < -0.39 is 10.8 Å². The fourth-order valence-electron chi connectivity index (χ4n) is 2.18. The fourth-order valence-corrected chi connectivity index (χ4v) is 4.17. The smallest absolute Gasteiger partial charge is 0.221 e. The highest BCUT2D eigenvalue weighted by Crippen LogP contribution is 2.09. The maximum Gasteiger partial charge on any atom is 0.221 e. The monoisotopic (exact) mass is 326 g/mol. The number of rotatable bonds is 7. The van der Waals surface area contributed by atoms with Gasteiger partial charge in [-0.1, -0.05) is 30.3 Å². The van der Waals surface area contributed by atoms with Crippen LogP contribution in [0, 0.1) is 0 Å². The molecule has 4 nitrogen and oxygen atoms in total. The zero-order valence-corrected chi connectivity index (χ0v) is 13.7. The zero-order valence-electron chi connectivity index (χ0n) is 12.0. The van der Waals surface area contributed by atoms with Crippen LogP contribution in [-0.4, -0.2) is 46.5 Å². The van der Waals surface area contributed by atoms with Crippen molar-refractivity contribution in [3.63, 3.8) is 0 Å². The summed E-state index contributed by atoms with van der Waals surface area (Å²) in [5.41, 5.74) is 1.07. The van der Waals surface area contributed by atoms with Gasteiger partial charge in [0.05, 0.1) is 0 Å². The minimum Gasteiger partial charge on any atom is -0.355 e. The highest BCUT2D eigenvalue weighted by Gasteiger charge is 2.16. The average molecular weight is 326 g/mol. The molecule has 1 heterocycles. The van der Waals surface area contributed by atoms with E-state index in [9.17, 15) is 9.00 Å². The van der Waals surface area contributed by atoms with Crippen LogP contribution in [0.1, 0.15) is 12.0 Å². The van der Waals surface area contributed by atoms with Gasteiger partial charge in [0.15, 0.2) is 0 Å². The number of hydrogen-bond acceptors (Lipinski definition) is 4. The highest BCUT2D eigenvalue weighted by molar-refractivity contribution is 7.99. The van der Waals surface area contributed by atoms with Gasteiger partial charge in [0.25, 0.3) is 0 Å². The Hall–Kier alpha value is -0.850. The summed E-state index contributed by atoms with van der Waals surface area (Å²) in [4.78, 5) is 11.8. The largest absolute Gasteiger partial charge is 0.355 e. The average Bonchev–Trinajstić information content (AvgIpc) is 2.49. The van der Waals surface area contributed by atoms with Gasteiger partial charge in [-0.15, -0.1) is 0 Å². The first-order chi connectivity index (χ1) is 10.2. The molecule has 0 aliphatic carbocycles. The lowest BCUT2D eigenvalue weighted by Crippen LogP contribution is -2.41. The van der Waals surface area contributed by atoms with E-state index in [4.69, 9.17) is 0 Å². The molecule has 0 bridgehead atoms. The Morgan fingerprint density at radius 2 is 2.19 bits per heavy atom. The molecule has 2 atom stereocenters. The second-order valence-corrected chi connectivity index (χ2v) is 7.78. The summed E-state index contributed by atoms with van der Waals surface area (Å²) in [6.45, 7) is 1.46. The molecule has 1 aliphatic heterocycles. The van der Waals surface area contributed by atoms with Crippen LogP contribution in [0.5, 0.6) is 0 Å². The van der Waals surface area contributed by atoms with Gasteiger partial charge in [0.1, 0.15) is 0 Å². The van der Waals surface area contributed by atoms with Crippen molar-refractivity contribution in [3.05, 3.63) is 35.9 Å². The molecule has 21 heavy (non-hydrogen) atoms. The van der Waals surface area contributed by atoms with Gasteiger partial charge in [-0.05, 0) is 5.56 Å². The predicted octanol–water partition coefficient (Wildman–Crippen LogP) is 1.15. The number of amides is 1. The van der Waals surface area contributed by atoms with Crippen molar-refractivity contribution in [2.75, 3.05) is 30.3 Å². The van der Waals surface area contributed by atoms with Gasteiger partial charge >= 0.3 is 0 Å². The van der Waals surface area contributed by atoms with E-state index in [1.807, 2.05) is 42.1 Å². The van der Waals surface area contributed by atoms with Crippen molar-refractivity contribution in [1.29, 1.82) is 0 Å². The topological polar surface area (TPSA) is 58.2 Å². The normalized spacial score (nSPS) is 19.9. The van der Waals surface area contributed by atoms with Crippen molar-refractivity contribution in [2.24, 2.45) is 0 Å². The summed E-state index contributed by atoms with van der Waals surface area (Å²) >= 11 is 1.88. The van der Waals surface area contributed by atoms with E-state index in [-0.39, 0.29) is 11.9 Å². The van der Waals surface area contributed by atoms with Gasteiger partial charge < -0.3 is 10.6 Å². The van der Waals surface area contributed by atoms with Gasteiger partial charge in [-0.25, -0.2) is 0 Å². The van der Waals surface area contributed by atoms with Crippen molar-refractivity contribution in [2.45, 2.75) is 18.2 Å². The Morgan fingerprint density at radius 1 is 1.38 bits per heavy atom. The van der Waals surface area contributed by atoms with E-state index in [2.05, 4.69) is 10.6 Å². The maximum atomic E-state index is 11.9. The third kappa shape index (κ3) is 6.63. The number of benzene rings is 1. The number of hydrogen-bond donors (Lipinski definition) is 2. The molecule has 0 spiro atoms. The quantitative estimate of drug-likeness (QED) is 0.789. The summed E-state index contributed by atoms with van der Waals surface area (Å²) in [6, 6.07) is 10.1. The Bertz CT molecular complexity index is 462. The van der Waals surface area contributed by atoms with E-state index >= 15 is 0 Å². The molecule has 1 fully saturated rings. The molecule has 2 N–H and O–H groups in total. The number of thioether (sulfide) groups is 1. The summed E-state index contributed by atoms with van der Waals surface area (Å²) < 4.78 is 11.9. The van der Waals surface area contributed by atoms with Gasteiger partial charge in [-0.2, -0.15) is 11.8 Å². The Balaban J connectivity index is 1.60. The molecule has 0 aromatic heterocycles. The summed E-state index contributed by atoms with van der Waals surface area (Å²) in [6.07, 6.45) is 0.512. The first-order valence-corrected chi connectivity index (χ1v) is 9.85. The van der Waals surface area contributed by atoms with Crippen LogP contribution >= 0.6 is 11.8 Å². The summed E-state index contributed by atoms with van der Waals surface area (Å²) in [5.74, 6) is 3.22. The molecule has 1 amide bonds. The van der Waals surface area contributed by atoms with Gasteiger partial charge in [-0.3, -0.25) is 9.00 Å². The Labute approximate surface area is 132 Å². The predicted molar refractivity (Wildman–Crippen MR) is 89.9 cm³/mol. The first-order valence-electron chi connectivity index (χ1n) is 7.21. The van der Waals surface area contributed by atoms with Crippen molar-refractivity contribution < 1.29 is 9.00 Å². The molecular weight excluding hydrogens is 304 g/mol. The number of nitrogens with one attached hydrogen (secondary N) is 2. The SMILES string of the molecule is O=C(CC1CSCCN1)NCCS(=O)Cc1ccccc1. The van der Waals surface area contributed by atoms with Crippen LogP contribution in [-0.2, 0) is 21.3 Å². The lowest BCUT2D eigenvalue weighted by atomic mass is 10.2. The van der Waals surface area contributed by atoms with E-state index in [0.29, 0.717) is 24.5 Å². The molecular formula is C15H22N2O2S2. The zero-order chi connectivity index (χ0) is 14.9. The maximum absolute atomic E-state index is 11.9. The minimum absolute atomic E-state index is 0.0479. The highest BCUT2D eigenvalue weighted by atomic mass is 32.2. The molecule has 1 saturated heterocycles. The van der Waals surface area contributed by atoms with Crippen LogP contribution in [0.2, 0.25) is 0 Å². The lowest BCUT2D eigenvalue weighted by molar-refractivity contribution is -0.121. The van der Waals surface area contributed by atoms with Crippen molar-refractivity contribution in [1.82, 2.24) is 10.6 Å². The van der Waals surface area contributed by atoms with E-state index in [1.165, 1.54) is 0 Å². The third-order valence-electron chi connectivity index (χ3n) is 3.25. The molecule has 0 radical (unpaired) electrons. The summed E-state index contributed by atoms with van der Waals surface area (Å²) in [7, 11) is -0.929. The van der Waals surface area contributed by atoms with Gasteiger partial charge in [0, 0.05) is 59.4 Å². The second-order valence-electron chi connectivity index (χ2n) is 5.05. The second kappa shape index (κ2) is 9.23. The van der Waals surface area contributed by atoms with Crippen molar-refractivity contribution >= 4 is 28.5 Å². The lowest BCUT2D eigenvalue weighted by Gasteiger charge is -2.22. The van der Waals surface area contributed by atoms with Crippen LogP contribution in [0.4, 0.5) is 0 Å². The van der Waals surface area contributed by atoms with E-state index in [1.54, 1.807) is 0 Å². The molecule has 1 aliphatic rings. The number of carbonyl (C=O) groups excluding carboxylic acids is 1. The van der Waals surface area contributed by atoms with Crippen LogP contribution < -0.4 is 10.6 Å².